The van der Waals surface area contributed by atoms with Gasteiger partial charge in [0.1, 0.15) is 5.82 Å². The van der Waals surface area contributed by atoms with E-state index < -0.39 is 0 Å². The Morgan fingerprint density at radius 1 is 1.36 bits per heavy atom. The molecular formula is C9H16N4O. The van der Waals surface area contributed by atoms with E-state index in [1.807, 2.05) is 19.9 Å². The number of aryl methyl sites for hydroxylation is 1. The Morgan fingerprint density at radius 2 is 2.14 bits per heavy atom. The van der Waals surface area contributed by atoms with Gasteiger partial charge in [-0.05, 0) is 13.8 Å². The van der Waals surface area contributed by atoms with Gasteiger partial charge >= 0.3 is 0 Å². The first-order chi connectivity index (χ1) is 6.76. The van der Waals surface area contributed by atoms with Crippen LogP contribution in [0.4, 0.5) is 11.8 Å². The summed E-state index contributed by atoms with van der Waals surface area (Å²) in [4.78, 5) is 8.42. The maximum Gasteiger partial charge on any atom is 0.224 e. The normalized spacial score (nSPS) is 9.93. The molecule has 5 heteroatoms. The number of aliphatic hydroxyl groups excluding tert-OH is 1. The summed E-state index contributed by atoms with van der Waals surface area (Å²) in [6.07, 6.45) is 0. The average Bonchev–Trinajstić information content (AvgIpc) is 2.14. The van der Waals surface area contributed by atoms with Crippen molar-refractivity contribution >= 4 is 11.8 Å². The van der Waals surface area contributed by atoms with E-state index in [4.69, 9.17) is 5.11 Å². The Hall–Kier alpha value is -1.36. The summed E-state index contributed by atoms with van der Waals surface area (Å²) in [5, 5.41) is 14.7. The molecule has 0 saturated heterocycles. The highest BCUT2D eigenvalue weighted by atomic mass is 16.3. The minimum atomic E-state index is 0.0968. The van der Waals surface area contributed by atoms with Gasteiger partial charge in [-0.25, -0.2) is 4.98 Å². The standard InChI is InChI=1S/C9H16N4O/c1-3-10-9-12-7(2)6-8(13-9)11-4-5-14/h6,14H,3-5H2,1-2H3,(H2,10,11,12,13). The predicted molar refractivity (Wildman–Crippen MR) is 56.5 cm³/mol. The van der Waals surface area contributed by atoms with Gasteiger partial charge in [-0.2, -0.15) is 4.98 Å². The third-order valence-corrected chi connectivity index (χ3v) is 1.61. The van der Waals surface area contributed by atoms with Crippen LogP contribution in [0.25, 0.3) is 0 Å². The van der Waals surface area contributed by atoms with Gasteiger partial charge in [0.05, 0.1) is 6.61 Å². The van der Waals surface area contributed by atoms with Crippen LogP contribution in [0.1, 0.15) is 12.6 Å². The summed E-state index contributed by atoms with van der Waals surface area (Å²) in [5.74, 6) is 1.36. The molecule has 1 aromatic rings. The van der Waals surface area contributed by atoms with Gasteiger partial charge in [-0.3, -0.25) is 0 Å². The molecule has 1 heterocycles. The molecule has 0 bridgehead atoms. The number of anilines is 2. The van der Waals surface area contributed by atoms with Gasteiger partial charge in [-0.15, -0.1) is 0 Å². The molecule has 1 aromatic heterocycles. The first-order valence-corrected chi connectivity index (χ1v) is 4.70. The third kappa shape index (κ3) is 3.18. The molecule has 0 aliphatic rings. The SMILES string of the molecule is CCNc1nc(C)cc(NCCO)n1. The minimum absolute atomic E-state index is 0.0968. The molecule has 0 radical (unpaired) electrons. The molecule has 0 saturated carbocycles. The molecule has 3 N–H and O–H groups in total. The summed E-state index contributed by atoms with van der Waals surface area (Å²) in [7, 11) is 0. The van der Waals surface area contributed by atoms with E-state index in [2.05, 4.69) is 20.6 Å². The summed E-state index contributed by atoms with van der Waals surface area (Å²) in [6.45, 7) is 5.30. The fraction of sp³-hybridized carbons (Fsp3) is 0.556. The molecule has 0 aliphatic carbocycles. The lowest BCUT2D eigenvalue weighted by atomic mass is 10.4. The van der Waals surface area contributed by atoms with Gasteiger partial charge in [0.2, 0.25) is 5.95 Å². The maximum atomic E-state index is 8.65. The molecule has 0 amide bonds. The van der Waals surface area contributed by atoms with Crippen LogP contribution in [0.5, 0.6) is 0 Å². The largest absolute Gasteiger partial charge is 0.395 e. The zero-order valence-corrected chi connectivity index (χ0v) is 8.54. The van der Waals surface area contributed by atoms with Crippen LogP contribution in [0.3, 0.4) is 0 Å². The van der Waals surface area contributed by atoms with Gasteiger partial charge < -0.3 is 15.7 Å². The van der Waals surface area contributed by atoms with Crippen LogP contribution in [0, 0.1) is 6.92 Å². The molecular weight excluding hydrogens is 180 g/mol. The van der Waals surface area contributed by atoms with Crippen LogP contribution in [0.2, 0.25) is 0 Å². The third-order valence-electron chi connectivity index (χ3n) is 1.61. The molecule has 14 heavy (non-hydrogen) atoms. The second-order valence-corrected chi connectivity index (χ2v) is 2.90. The zero-order valence-electron chi connectivity index (χ0n) is 8.54. The molecule has 0 unspecified atom stereocenters. The Labute approximate surface area is 83.6 Å². The van der Waals surface area contributed by atoms with Crippen molar-refractivity contribution < 1.29 is 5.11 Å². The predicted octanol–water partition coefficient (Wildman–Crippen LogP) is 0.621. The van der Waals surface area contributed by atoms with Crippen molar-refractivity contribution in [2.75, 3.05) is 30.3 Å². The van der Waals surface area contributed by atoms with Crippen LogP contribution in [-0.2, 0) is 0 Å². The number of hydrogen-bond acceptors (Lipinski definition) is 5. The van der Waals surface area contributed by atoms with Crippen molar-refractivity contribution in [2.45, 2.75) is 13.8 Å². The number of nitrogens with zero attached hydrogens (tertiary/aromatic N) is 2. The van der Waals surface area contributed by atoms with Crippen LogP contribution >= 0.6 is 0 Å². The van der Waals surface area contributed by atoms with E-state index >= 15 is 0 Å². The van der Waals surface area contributed by atoms with Crippen molar-refractivity contribution in [2.24, 2.45) is 0 Å². The van der Waals surface area contributed by atoms with E-state index in [9.17, 15) is 0 Å². The zero-order chi connectivity index (χ0) is 10.4. The fourth-order valence-corrected chi connectivity index (χ4v) is 1.08. The number of rotatable bonds is 5. The summed E-state index contributed by atoms with van der Waals surface area (Å²) < 4.78 is 0. The Kier molecular flexibility index (Phi) is 4.12. The van der Waals surface area contributed by atoms with E-state index in [0.717, 1.165) is 18.1 Å². The van der Waals surface area contributed by atoms with E-state index in [1.54, 1.807) is 0 Å². The van der Waals surface area contributed by atoms with E-state index in [1.165, 1.54) is 0 Å². The summed E-state index contributed by atoms with van der Waals surface area (Å²) >= 11 is 0. The van der Waals surface area contributed by atoms with Gasteiger partial charge in [0, 0.05) is 24.8 Å². The number of hydrogen-bond donors (Lipinski definition) is 3. The van der Waals surface area contributed by atoms with Gasteiger partial charge in [0.15, 0.2) is 0 Å². The van der Waals surface area contributed by atoms with Crippen LogP contribution < -0.4 is 10.6 Å². The second-order valence-electron chi connectivity index (χ2n) is 2.90. The lowest BCUT2D eigenvalue weighted by Gasteiger charge is -2.07. The quantitative estimate of drug-likeness (QED) is 0.644. The lowest BCUT2D eigenvalue weighted by molar-refractivity contribution is 0.311. The van der Waals surface area contributed by atoms with Crippen molar-refractivity contribution in [3.8, 4) is 0 Å². The van der Waals surface area contributed by atoms with Gasteiger partial charge in [0.25, 0.3) is 0 Å². The van der Waals surface area contributed by atoms with Crippen LogP contribution in [-0.4, -0.2) is 34.8 Å². The highest BCUT2D eigenvalue weighted by Gasteiger charge is 1.99. The van der Waals surface area contributed by atoms with Crippen molar-refractivity contribution in [1.82, 2.24) is 9.97 Å². The topological polar surface area (TPSA) is 70.1 Å². The fourth-order valence-electron chi connectivity index (χ4n) is 1.08. The smallest absolute Gasteiger partial charge is 0.224 e. The number of aromatic nitrogens is 2. The van der Waals surface area contributed by atoms with Crippen LogP contribution in [0.15, 0.2) is 6.07 Å². The number of nitrogens with one attached hydrogen (secondary N) is 2. The molecule has 0 aliphatic heterocycles. The monoisotopic (exact) mass is 196 g/mol. The Bertz CT molecular complexity index is 290. The van der Waals surface area contributed by atoms with E-state index in [0.29, 0.717) is 12.5 Å². The molecule has 1 rings (SSSR count). The first kappa shape index (κ1) is 10.7. The van der Waals surface area contributed by atoms with E-state index in [-0.39, 0.29) is 6.61 Å². The Morgan fingerprint density at radius 3 is 2.79 bits per heavy atom. The number of aliphatic hydroxyl groups is 1. The average molecular weight is 196 g/mol. The molecule has 0 fully saturated rings. The molecule has 0 atom stereocenters. The molecule has 0 spiro atoms. The Balaban J connectivity index is 2.73. The summed E-state index contributed by atoms with van der Waals surface area (Å²) in [5.41, 5.74) is 0.899. The molecule has 0 aromatic carbocycles. The van der Waals surface area contributed by atoms with Crippen molar-refractivity contribution in [3.05, 3.63) is 11.8 Å². The highest BCUT2D eigenvalue weighted by Crippen LogP contribution is 2.08. The van der Waals surface area contributed by atoms with Gasteiger partial charge in [-0.1, -0.05) is 0 Å². The first-order valence-electron chi connectivity index (χ1n) is 4.70. The second kappa shape index (κ2) is 5.39. The minimum Gasteiger partial charge on any atom is -0.395 e. The summed E-state index contributed by atoms with van der Waals surface area (Å²) in [6, 6.07) is 1.84. The highest BCUT2D eigenvalue weighted by molar-refractivity contribution is 5.41. The lowest BCUT2D eigenvalue weighted by Crippen LogP contribution is -2.10. The molecule has 5 nitrogen and oxygen atoms in total. The van der Waals surface area contributed by atoms with Crippen molar-refractivity contribution in [1.29, 1.82) is 0 Å². The molecule has 78 valence electrons. The van der Waals surface area contributed by atoms with Crippen molar-refractivity contribution in [3.63, 3.8) is 0 Å². The maximum absolute atomic E-state index is 8.65.